The molecule has 38 heavy (non-hydrogen) atoms. The van der Waals surface area contributed by atoms with Crippen LogP contribution >= 0.6 is 0 Å². The predicted molar refractivity (Wildman–Crippen MR) is 151 cm³/mol. The van der Waals surface area contributed by atoms with Crippen molar-refractivity contribution >= 4 is 23.1 Å². The van der Waals surface area contributed by atoms with Crippen molar-refractivity contribution in [1.82, 2.24) is 0 Å². The highest BCUT2D eigenvalue weighted by atomic mass is 16.5. The first-order valence-corrected chi connectivity index (χ1v) is 12.6. The Labute approximate surface area is 223 Å². The summed E-state index contributed by atoms with van der Waals surface area (Å²) >= 11 is 0. The normalized spacial score (nSPS) is 11.3. The number of hydrogen-bond donors (Lipinski definition) is 2. The van der Waals surface area contributed by atoms with Crippen LogP contribution in [0, 0.1) is 6.92 Å². The summed E-state index contributed by atoms with van der Waals surface area (Å²) in [5, 5.41) is 6.62. The van der Waals surface area contributed by atoms with E-state index in [9.17, 15) is 9.59 Å². The SMILES string of the molecule is COC(=O)[C@H](Cc1ccc(OCCNc2ccccc2C)cc1)Nc1ccccc1C(=O)c1ccccc1. The number of aryl methyl sites for hydroxylation is 1. The fourth-order valence-electron chi connectivity index (χ4n) is 4.16. The van der Waals surface area contributed by atoms with Crippen molar-refractivity contribution in [3.63, 3.8) is 0 Å². The number of esters is 1. The van der Waals surface area contributed by atoms with Crippen molar-refractivity contribution < 1.29 is 19.1 Å². The molecule has 0 fully saturated rings. The van der Waals surface area contributed by atoms with Gasteiger partial charge in [0.2, 0.25) is 0 Å². The molecule has 0 aliphatic carbocycles. The molecule has 0 spiro atoms. The van der Waals surface area contributed by atoms with E-state index in [4.69, 9.17) is 9.47 Å². The van der Waals surface area contributed by atoms with Crippen molar-refractivity contribution in [3.05, 3.63) is 125 Å². The molecule has 0 heterocycles. The lowest BCUT2D eigenvalue weighted by Gasteiger charge is -2.20. The minimum absolute atomic E-state index is 0.115. The third-order valence-corrected chi connectivity index (χ3v) is 6.22. The average Bonchev–Trinajstić information content (AvgIpc) is 2.96. The quantitative estimate of drug-likeness (QED) is 0.141. The number of ether oxygens (including phenoxy) is 2. The van der Waals surface area contributed by atoms with Crippen LogP contribution in [-0.2, 0) is 16.0 Å². The minimum Gasteiger partial charge on any atom is -0.492 e. The molecule has 4 rings (SSSR count). The van der Waals surface area contributed by atoms with Crippen molar-refractivity contribution in [2.75, 3.05) is 30.9 Å². The van der Waals surface area contributed by atoms with Crippen molar-refractivity contribution in [2.45, 2.75) is 19.4 Å². The number of para-hydroxylation sites is 2. The molecule has 6 nitrogen and oxygen atoms in total. The molecule has 2 N–H and O–H groups in total. The van der Waals surface area contributed by atoms with Crippen LogP contribution in [0.3, 0.4) is 0 Å². The van der Waals surface area contributed by atoms with Gasteiger partial charge in [0.25, 0.3) is 0 Å². The van der Waals surface area contributed by atoms with E-state index in [1.54, 1.807) is 24.3 Å². The summed E-state index contributed by atoms with van der Waals surface area (Å²) in [6.45, 7) is 3.27. The number of carbonyl (C=O) groups excluding carboxylic acids is 2. The monoisotopic (exact) mass is 508 g/mol. The summed E-state index contributed by atoms with van der Waals surface area (Å²) < 4.78 is 10.9. The zero-order chi connectivity index (χ0) is 26.7. The van der Waals surface area contributed by atoms with Crippen LogP contribution < -0.4 is 15.4 Å². The molecule has 6 heteroatoms. The molecule has 4 aromatic carbocycles. The summed E-state index contributed by atoms with van der Waals surface area (Å²) in [4.78, 5) is 25.8. The topological polar surface area (TPSA) is 76.7 Å². The third kappa shape index (κ3) is 7.01. The van der Waals surface area contributed by atoms with Gasteiger partial charge in [-0.15, -0.1) is 0 Å². The van der Waals surface area contributed by atoms with Gasteiger partial charge in [-0.2, -0.15) is 0 Å². The van der Waals surface area contributed by atoms with Gasteiger partial charge in [0.15, 0.2) is 5.78 Å². The Morgan fingerprint density at radius 3 is 2.16 bits per heavy atom. The summed E-state index contributed by atoms with van der Waals surface area (Å²) in [6, 6.07) is 31.4. The van der Waals surface area contributed by atoms with Crippen LogP contribution in [0.4, 0.5) is 11.4 Å². The first kappa shape index (κ1) is 26.5. The Bertz CT molecular complexity index is 1350. The predicted octanol–water partition coefficient (Wildman–Crippen LogP) is 5.91. The van der Waals surface area contributed by atoms with Crippen molar-refractivity contribution in [2.24, 2.45) is 0 Å². The van der Waals surface area contributed by atoms with Crippen molar-refractivity contribution in [1.29, 1.82) is 0 Å². The van der Waals surface area contributed by atoms with Crippen LogP contribution in [0.5, 0.6) is 5.75 Å². The van der Waals surface area contributed by atoms with Gasteiger partial charge < -0.3 is 20.1 Å². The lowest BCUT2D eigenvalue weighted by molar-refractivity contribution is -0.141. The third-order valence-electron chi connectivity index (χ3n) is 6.22. The second-order valence-corrected chi connectivity index (χ2v) is 8.90. The number of anilines is 2. The minimum atomic E-state index is -0.671. The molecule has 0 bridgehead atoms. The largest absolute Gasteiger partial charge is 0.492 e. The van der Waals surface area contributed by atoms with Gasteiger partial charge in [-0.1, -0.05) is 72.8 Å². The summed E-state index contributed by atoms with van der Waals surface area (Å²) in [5.41, 5.74) is 4.89. The highest BCUT2D eigenvalue weighted by Crippen LogP contribution is 2.22. The first-order valence-electron chi connectivity index (χ1n) is 12.6. The second kappa shape index (κ2) is 13.1. The van der Waals surface area contributed by atoms with Crippen LogP contribution in [0.1, 0.15) is 27.0 Å². The molecule has 0 aliphatic rings. The van der Waals surface area contributed by atoms with E-state index < -0.39 is 12.0 Å². The number of hydrogen-bond acceptors (Lipinski definition) is 6. The van der Waals surface area contributed by atoms with Crippen LogP contribution in [0.25, 0.3) is 0 Å². The van der Waals surface area contributed by atoms with Gasteiger partial charge in [-0.05, 0) is 48.4 Å². The molecule has 0 aromatic heterocycles. The Kier molecular flexibility index (Phi) is 9.13. The van der Waals surface area contributed by atoms with Gasteiger partial charge in [0, 0.05) is 35.5 Å². The zero-order valence-corrected chi connectivity index (χ0v) is 21.6. The molecule has 194 valence electrons. The molecule has 0 unspecified atom stereocenters. The number of benzene rings is 4. The molecular formula is C32H32N2O4. The fraction of sp³-hybridized carbons (Fsp3) is 0.188. The van der Waals surface area contributed by atoms with Gasteiger partial charge in [-0.25, -0.2) is 4.79 Å². The van der Waals surface area contributed by atoms with Gasteiger partial charge in [0.05, 0.1) is 7.11 Å². The van der Waals surface area contributed by atoms with Crippen LogP contribution in [0.15, 0.2) is 103 Å². The lowest BCUT2D eigenvalue weighted by atomic mass is 10.00. The van der Waals surface area contributed by atoms with E-state index >= 15 is 0 Å². The lowest BCUT2D eigenvalue weighted by Crippen LogP contribution is -2.33. The highest BCUT2D eigenvalue weighted by Gasteiger charge is 2.22. The van der Waals surface area contributed by atoms with Crippen LogP contribution in [-0.4, -0.2) is 38.1 Å². The van der Waals surface area contributed by atoms with E-state index in [-0.39, 0.29) is 5.78 Å². The van der Waals surface area contributed by atoms with Crippen molar-refractivity contribution in [3.8, 4) is 5.75 Å². The Balaban J connectivity index is 1.38. The van der Waals surface area contributed by atoms with Gasteiger partial charge in [-0.3, -0.25) is 4.79 Å². The van der Waals surface area contributed by atoms with Crippen LogP contribution in [0.2, 0.25) is 0 Å². The van der Waals surface area contributed by atoms with Gasteiger partial charge in [0.1, 0.15) is 18.4 Å². The Morgan fingerprint density at radius 1 is 0.789 bits per heavy atom. The summed E-state index contributed by atoms with van der Waals surface area (Å²) in [5.74, 6) is 0.229. The first-order chi connectivity index (χ1) is 18.5. The molecular weight excluding hydrogens is 476 g/mol. The number of rotatable bonds is 12. The number of nitrogens with one attached hydrogen (secondary N) is 2. The average molecular weight is 509 g/mol. The molecule has 0 aliphatic heterocycles. The molecule has 0 amide bonds. The van der Waals surface area contributed by atoms with E-state index in [0.717, 1.165) is 17.0 Å². The fourth-order valence-corrected chi connectivity index (χ4v) is 4.16. The van der Waals surface area contributed by atoms with E-state index in [1.807, 2.05) is 72.8 Å². The molecule has 0 radical (unpaired) electrons. The summed E-state index contributed by atoms with van der Waals surface area (Å²) in [6.07, 6.45) is 0.385. The zero-order valence-electron chi connectivity index (χ0n) is 21.6. The Hall–Kier alpha value is -4.58. The molecule has 1 atom stereocenters. The van der Waals surface area contributed by atoms with Gasteiger partial charge >= 0.3 is 5.97 Å². The van der Waals surface area contributed by atoms with E-state index in [2.05, 4.69) is 23.6 Å². The maximum Gasteiger partial charge on any atom is 0.328 e. The summed E-state index contributed by atoms with van der Waals surface area (Å²) in [7, 11) is 1.36. The maximum absolute atomic E-state index is 13.1. The number of carbonyl (C=O) groups is 2. The molecule has 4 aromatic rings. The van der Waals surface area contributed by atoms with E-state index in [1.165, 1.54) is 12.7 Å². The standard InChI is InChI=1S/C32H32N2O4/c1-23-10-6-8-14-28(23)33-20-21-38-26-18-16-24(17-19-26)22-30(32(36)37-2)34-29-15-9-7-13-27(29)31(35)25-11-4-3-5-12-25/h3-19,30,33-34H,20-22H2,1-2H3/t30-/m0/s1. The highest BCUT2D eigenvalue weighted by molar-refractivity contribution is 6.12. The Morgan fingerprint density at radius 2 is 1.45 bits per heavy atom. The molecule has 0 saturated carbocycles. The second-order valence-electron chi connectivity index (χ2n) is 8.90. The number of methoxy groups -OCH3 is 1. The maximum atomic E-state index is 13.1. The van der Waals surface area contributed by atoms with E-state index in [0.29, 0.717) is 36.4 Å². The molecule has 0 saturated heterocycles. The number of ketones is 1. The smallest absolute Gasteiger partial charge is 0.328 e.